The van der Waals surface area contributed by atoms with Gasteiger partial charge in [-0.05, 0) is 18.6 Å². The number of benzene rings is 1. The van der Waals surface area contributed by atoms with E-state index in [4.69, 9.17) is 4.74 Å². The lowest BCUT2D eigenvalue weighted by Crippen LogP contribution is -2.36. The number of para-hydroxylation sites is 1. The van der Waals surface area contributed by atoms with Crippen molar-refractivity contribution in [3.05, 3.63) is 41.2 Å². The summed E-state index contributed by atoms with van der Waals surface area (Å²) in [7, 11) is 0. The standard InChI is InChI=1S/C19H23N7O2S2/c1-2-17-22-23-18(30-17)20-16(27)13-29-19-24-21-15(12-25-8-10-28-11-9-25)26(19)14-6-4-3-5-7-14/h3-7H,2,8-13H2,1H3,(H,20,23,27). The smallest absolute Gasteiger partial charge is 0.236 e. The van der Waals surface area contributed by atoms with Crippen LogP contribution < -0.4 is 5.32 Å². The number of anilines is 1. The summed E-state index contributed by atoms with van der Waals surface area (Å²) in [5, 5.41) is 21.7. The van der Waals surface area contributed by atoms with E-state index in [0.29, 0.717) is 16.8 Å². The number of hydrogen-bond acceptors (Lipinski definition) is 9. The summed E-state index contributed by atoms with van der Waals surface area (Å²) in [4.78, 5) is 14.7. The van der Waals surface area contributed by atoms with E-state index in [1.807, 2.05) is 41.8 Å². The molecule has 0 aliphatic carbocycles. The maximum atomic E-state index is 12.4. The monoisotopic (exact) mass is 445 g/mol. The Morgan fingerprint density at radius 3 is 2.70 bits per heavy atom. The third-order valence-corrected chi connectivity index (χ3v) is 6.44. The Balaban J connectivity index is 1.47. The molecule has 2 aromatic heterocycles. The highest BCUT2D eigenvalue weighted by Crippen LogP contribution is 2.24. The predicted octanol–water partition coefficient (Wildman–Crippen LogP) is 2.24. The molecule has 0 saturated carbocycles. The minimum atomic E-state index is -0.142. The second-order valence-electron chi connectivity index (χ2n) is 6.65. The van der Waals surface area contributed by atoms with Gasteiger partial charge in [0.05, 0.1) is 25.5 Å². The molecule has 4 rings (SSSR count). The molecule has 9 nitrogen and oxygen atoms in total. The molecule has 1 aliphatic rings. The van der Waals surface area contributed by atoms with E-state index in [9.17, 15) is 4.79 Å². The van der Waals surface area contributed by atoms with Crippen LogP contribution in [0.5, 0.6) is 0 Å². The van der Waals surface area contributed by atoms with Gasteiger partial charge < -0.3 is 4.74 Å². The summed E-state index contributed by atoms with van der Waals surface area (Å²) >= 11 is 2.75. The van der Waals surface area contributed by atoms with E-state index in [0.717, 1.165) is 49.2 Å². The molecule has 1 amide bonds. The van der Waals surface area contributed by atoms with E-state index in [1.165, 1.54) is 23.1 Å². The summed E-state index contributed by atoms with van der Waals surface area (Å²) in [5.74, 6) is 0.919. The van der Waals surface area contributed by atoms with Gasteiger partial charge in [-0.1, -0.05) is 48.2 Å². The number of nitrogens with zero attached hydrogens (tertiary/aromatic N) is 6. The SMILES string of the molecule is CCc1nnc(NC(=O)CSc2nnc(CN3CCOCC3)n2-c2ccccc2)s1. The number of morpholine rings is 1. The number of hydrogen-bond donors (Lipinski definition) is 1. The van der Waals surface area contributed by atoms with Crippen LogP contribution in [0.1, 0.15) is 17.8 Å². The van der Waals surface area contributed by atoms with Crippen LogP contribution >= 0.6 is 23.1 Å². The van der Waals surface area contributed by atoms with Gasteiger partial charge in [-0.25, -0.2) is 0 Å². The predicted molar refractivity (Wildman–Crippen MR) is 116 cm³/mol. The Morgan fingerprint density at radius 1 is 1.17 bits per heavy atom. The van der Waals surface area contributed by atoms with Crippen molar-refractivity contribution < 1.29 is 9.53 Å². The molecule has 1 aliphatic heterocycles. The molecule has 158 valence electrons. The molecule has 1 saturated heterocycles. The lowest BCUT2D eigenvalue weighted by atomic mass is 10.3. The van der Waals surface area contributed by atoms with Crippen LogP contribution in [0.4, 0.5) is 5.13 Å². The lowest BCUT2D eigenvalue weighted by molar-refractivity contribution is -0.113. The summed E-state index contributed by atoms with van der Waals surface area (Å²) < 4.78 is 7.46. The van der Waals surface area contributed by atoms with Gasteiger partial charge >= 0.3 is 0 Å². The molecule has 3 heterocycles. The van der Waals surface area contributed by atoms with Crippen LogP contribution in [-0.2, 0) is 22.5 Å². The first-order valence-corrected chi connectivity index (χ1v) is 11.6. The molecule has 11 heteroatoms. The van der Waals surface area contributed by atoms with E-state index in [1.54, 1.807) is 0 Å². The molecular formula is C19H23N7O2S2. The van der Waals surface area contributed by atoms with Crippen LogP contribution in [0.25, 0.3) is 5.69 Å². The number of thioether (sulfide) groups is 1. The van der Waals surface area contributed by atoms with Crippen molar-refractivity contribution in [3.8, 4) is 5.69 Å². The van der Waals surface area contributed by atoms with Crippen LogP contribution in [0.15, 0.2) is 35.5 Å². The number of amides is 1. The maximum Gasteiger partial charge on any atom is 0.236 e. The Hall–Kier alpha value is -2.34. The highest BCUT2D eigenvalue weighted by atomic mass is 32.2. The second kappa shape index (κ2) is 10.1. The second-order valence-corrected chi connectivity index (χ2v) is 8.65. The summed E-state index contributed by atoms with van der Waals surface area (Å²) in [6, 6.07) is 9.97. The minimum Gasteiger partial charge on any atom is -0.379 e. The third kappa shape index (κ3) is 5.22. The van der Waals surface area contributed by atoms with Crippen LogP contribution in [0.3, 0.4) is 0 Å². The molecular weight excluding hydrogens is 422 g/mol. The zero-order valence-electron chi connectivity index (χ0n) is 16.7. The van der Waals surface area contributed by atoms with E-state index in [-0.39, 0.29) is 11.7 Å². The molecule has 0 spiro atoms. The largest absolute Gasteiger partial charge is 0.379 e. The highest BCUT2D eigenvalue weighted by molar-refractivity contribution is 7.99. The molecule has 0 radical (unpaired) electrons. The van der Waals surface area contributed by atoms with Crippen LogP contribution in [0, 0.1) is 0 Å². The van der Waals surface area contributed by atoms with Gasteiger partial charge in [0.25, 0.3) is 0 Å². The Kier molecular flexibility index (Phi) is 7.05. The Morgan fingerprint density at radius 2 is 1.97 bits per heavy atom. The quantitative estimate of drug-likeness (QED) is 0.527. The molecule has 0 atom stereocenters. The van der Waals surface area contributed by atoms with Gasteiger partial charge in [-0.2, -0.15) is 0 Å². The number of aromatic nitrogens is 5. The lowest BCUT2D eigenvalue weighted by Gasteiger charge is -2.26. The third-order valence-electron chi connectivity index (χ3n) is 4.53. The first-order valence-electron chi connectivity index (χ1n) is 9.77. The average molecular weight is 446 g/mol. The zero-order valence-corrected chi connectivity index (χ0v) is 18.3. The molecule has 0 bridgehead atoms. The minimum absolute atomic E-state index is 0.142. The number of carbonyl (C=O) groups is 1. The van der Waals surface area contributed by atoms with Gasteiger partial charge in [-0.3, -0.25) is 19.6 Å². The molecule has 30 heavy (non-hydrogen) atoms. The summed E-state index contributed by atoms with van der Waals surface area (Å²) in [6.45, 7) is 5.89. The van der Waals surface area contributed by atoms with Gasteiger partial charge in [0.1, 0.15) is 5.01 Å². The van der Waals surface area contributed by atoms with Crippen molar-refractivity contribution in [3.63, 3.8) is 0 Å². The van der Waals surface area contributed by atoms with Crippen molar-refractivity contribution in [2.75, 3.05) is 37.4 Å². The average Bonchev–Trinajstić information content (AvgIpc) is 3.40. The molecule has 3 aromatic rings. The first-order chi connectivity index (χ1) is 14.7. The highest BCUT2D eigenvalue weighted by Gasteiger charge is 2.20. The van der Waals surface area contributed by atoms with Crippen molar-refractivity contribution in [2.45, 2.75) is 25.0 Å². The van der Waals surface area contributed by atoms with E-state index in [2.05, 4.69) is 30.6 Å². The topological polar surface area (TPSA) is 98.1 Å². The van der Waals surface area contributed by atoms with E-state index >= 15 is 0 Å². The number of aryl methyl sites for hydroxylation is 1. The molecule has 1 N–H and O–H groups in total. The summed E-state index contributed by atoms with van der Waals surface area (Å²) in [6.07, 6.45) is 0.800. The number of rotatable bonds is 8. The summed E-state index contributed by atoms with van der Waals surface area (Å²) in [5.41, 5.74) is 0.977. The number of carbonyl (C=O) groups excluding carboxylic acids is 1. The zero-order chi connectivity index (χ0) is 20.8. The fourth-order valence-electron chi connectivity index (χ4n) is 3.02. The number of nitrogens with one attached hydrogen (secondary N) is 1. The Bertz CT molecular complexity index is 970. The molecule has 1 aromatic carbocycles. The van der Waals surface area contributed by atoms with Crippen LogP contribution in [-0.4, -0.2) is 67.8 Å². The van der Waals surface area contributed by atoms with Crippen molar-refractivity contribution in [2.24, 2.45) is 0 Å². The first kappa shape index (κ1) is 20.9. The van der Waals surface area contributed by atoms with Gasteiger partial charge in [0, 0.05) is 18.8 Å². The van der Waals surface area contributed by atoms with Crippen molar-refractivity contribution in [1.29, 1.82) is 0 Å². The number of ether oxygens (including phenoxy) is 1. The molecule has 1 fully saturated rings. The van der Waals surface area contributed by atoms with Crippen molar-refractivity contribution >= 4 is 34.1 Å². The van der Waals surface area contributed by atoms with Crippen molar-refractivity contribution in [1.82, 2.24) is 29.9 Å². The van der Waals surface area contributed by atoms with E-state index < -0.39 is 0 Å². The fourth-order valence-corrected chi connectivity index (χ4v) is 4.49. The maximum absolute atomic E-state index is 12.4. The fraction of sp³-hybridized carbons (Fsp3) is 0.421. The van der Waals surface area contributed by atoms with Crippen LogP contribution in [0.2, 0.25) is 0 Å². The van der Waals surface area contributed by atoms with Gasteiger partial charge in [0.15, 0.2) is 11.0 Å². The normalized spacial score (nSPS) is 14.7. The van der Waals surface area contributed by atoms with Gasteiger partial charge in [-0.15, -0.1) is 20.4 Å². The van der Waals surface area contributed by atoms with Gasteiger partial charge in [0.2, 0.25) is 11.0 Å². The molecule has 0 unspecified atom stereocenters. The Labute approximate surface area is 182 Å².